The van der Waals surface area contributed by atoms with Crippen LogP contribution in [0.4, 0.5) is 10.9 Å². The number of hydrogen-bond acceptors (Lipinski definition) is 9. The largest absolute Gasteiger partial charge is 0.489 e. The highest BCUT2D eigenvalue weighted by molar-refractivity contribution is 7.15. The first kappa shape index (κ1) is 28.6. The van der Waals surface area contributed by atoms with Crippen LogP contribution in [0, 0.1) is 12.8 Å². The van der Waals surface area contributed by atoms with E-state index < -0.39 is 0 Å². The summed E-state index contributed by atoms with van der Waals surface area (Å²) in [6, 6.07) is 2.65. The van der Waals surface area contributed by atoms with Crippen molar-refractivity contribution in [1.82, 2.24) is 30.0 Å². The van der Waals surface area contributed by atoms with Gasteiger partial charge in [-0.3, -0.25) is 19.6 Å². The summed E-state index contributed by atoms with van der Waals surface area (Å²) < 4.78 is 6.49. The van der Waals surface area contributed by atoms with E-state index in [0.29, 0.717) is 29.2 Å². The fraction of sp³-hybridized carbons (Fsp3) is 0.567. The maximum atomic E-state index is 12.9. The predicted octanol–water partition coefficient (Wildman–Crippen LogP) is 4.35. The van der Waals surface area contributed by atoms with Gasteiger partial charge in [-0.15, -0.1) is 11.3 Å². The second kappa shape index (κ2) is 12.8. The van der Waals surface area contributed by atoms with Gasteiger partial charge in [0.2, 0.25) is 11.8 Å². The van der Waals surface area contributed by atoms with Crippen LogP contribution in [-0.4, -0.2) is 86.6 Å². The average Bonchev–Trinajstić information content (AvgIpc) is 3.66. The zero-order chi connectivity index (χ0) is 29.1. The van der Waals surface area contributed by atoms with Crippen LogP contribution < -0.4 is 15.4 Å². The van der Waals surface area contributed by atoms with Gasteiger partial charge in [0.05, 0.1) is 6.10 Å². The lowest BCUT2D eigenvalue weighted by atomic mass is 9.87. The number of carbonyl (C=O) groups excluding carboxylic acids is 2. The highest BCUT2D eigenvalue weighted by Gasteiger charge is 2.30. The molecule has 3 fully saturated rings. The van der Waals surface area contributed by atoms with Crippen LogP contribution in [0.25, 0.3) is 11.0 Å². The lowest BCUT2D eigenvalue weighted by molar-refractivity contribution is -0.127. The highest BCUT2D eigenvalue weighted by atomic mass is 32.1. The van der Waals surface area contributed by atoms with Gasteiger partial charge in [0.15, 0.2) is 16.6 Å². The Bertz CT molecular complexity index is 1420. The molecule has 3 aromatic heterocycles. The van der Waals surface area contributed by atoms with E-state index in [0.717, 1.165) is 67.6 Å². The molecular weight excluding hydrogens is 552 g/mol. The summed E-state index contributed by atoms with van der Waals surface area (Å²) in [7, 11) is 2.11. The molecule has 3 aliphatic rings. The van der Waals surface area contributed by atoms with Crippen molar-refractivity contribution in [2.24, 2.45) is 5.92 Å². The van der Waals surface area contributed by atoms with Crippen LogP contribution in [0.2, 0.25) is 0 Å². The number of fused-ring (bicyclic) bond motifs is 1. The zero-order valence-corrected chi connectivity index (χ0v) is 25.2. The van der Waals surface area contributed by atoms with Gasteiger partial charge >= 0.3 is 0 Å². The molecule has 0 unspecified atom stereocenters. The highest BCUT2D eigenvalue weighted by Crippen LogP contribution is 2.35. The number of thiazole rings is 1. The number of nitrogens with zero attached hydrogens (tertiary/aromatic N) is 5. The Balaban J connectivity index is 1.04. The van der Waals surface area contributed by atoms with Crippen LogP contribution in [0.1, 0.15) is 56.2 Å². The second-order valence-corrected chi connectivity index (χ2v) is 13.0. The van der Waals surface area contributed by atoms with Crippen LogP contribution in [-0.2, 0) is 9.59 Å². The van der Waals surface area contributed by atoms with Gasteiger partial charge in [-0.1, -0.05) is 6.08 Å². The van der Waals surface area contributed by atoms with Gasteiger partial charge in [0, 0.05) is 61.0 Å². The number of pyridine rings is 1. The number of piperidine rings is 1. The third-order valence-corrected chi connectivity index (χ3v) is 9.34. The lowest BCUT2D eigenvalue weighted by Crippen LogP contribution is -2.44. The Hall–Kier alpha value is -3.51. The number of aryl methyl sites for hydroxylation is 1. The molecule has 42 heavy (non-hydrogen) atoms. The molecule has 3 aromatic rings. The van der Waals surface area contributed by atoms with Crippen LogP contribution in [0.5, 0.6) is 5.75 Å². The summed E-state index contributed by atoms with van der Waals surface area (Å²) in [5.74, 6) is 1.49. The summed E-state index contributed by atoms with van der Waals surface area (Å²) >= 11 is 1.49. The molecule has 4 heterocycles. The van der Waals surface area contributed by atoms with E-state index in [-0.39, 0.29) is 29.9 Å². The fourth-order valence-electron chi connectivity index (χ4n) is 5.95. The Morgan fingerprint density at radius 3 is 2.79 bits per heavy atom. The number of amides is 2. The van der Waals surface area contributed by atoms with E-state index in [1.165, 1.54) is 24.2 Å². The first-order valence-corrected chi connectivity index (χ1v) is 15.9. The first-order chi connectivity index (χ1) is 20.4. The minimum Gasteiger partial charge on any atom is -0.489 e. The summed E-state index contributed by atoms with van der Waals surface area (Å²) in [4.78, 5) is 39.6. The van der Waals surface area contributed by atoms with Gasteiger partial charge < -0.3 is 20.3 Å². The summed E-state index contributed by atoms with van der Waals surface area (Å²) in [5, 5.41) is 15.6. The van der Waals surface area contributed by atoms with Gasteiger partial charge in [-0.2, -0.15) is 5.10 Å². The molecule has 12 heteroatoms. The molecule has 0 bridgehead atoms. The van der Waals surface area contributed by atoms with Gasteiger partial charge in [0.25, 0.3) is 0 Å². The molecule has 0 radical (unpaired) electrons. The van der Waals surface area contributed by atoms with Crippen molar-refractivity contribution in [3.05, 3.63) is 35.5 Å². The molecule has 1 atom stereocenters. The van der Waals surface area contributed by atoms with Crippen molar-refractivity contribution in [1.29, 1.82) is 0 Å². The summed E-state index contributed by atoms with van der Waals surface area (Å²) in [6.07, 6.45) is 14.7. The molecular formula is C30H40N8O3S. The third-order valence-electron chi connectivity index (χ3n) is 8.51. The molecule has 0 aromatic carbocycles. The van der Waals surface area contributed by atoms with E-state index in [1.54, 1.807) is 18.5 Å². The topological polar surface area (TPSA) is 128 Å². The fourth-order valence-corrected chi connectivity index (χ4v) is 6.61. The lowest BCUT2D eigenvalue weighted by Gasteiger charge is -2.32. The monoisotopic (exact) mass is 592 g/mol. The van der Waals surface area contributed by atoms with E-state index in [2.05, 4.69) is 42.7 Å². The molecule has 3 N–H and O–H groups in total. The number of aromatic nitrogens is 4. The minimum atomic E-state index is -0.0384. The summed E-state index contributed by atoms with van der Waals surface area (Å²) in [6.45, 7) is 4.18. The third kappa shape index (κ3) is 6.92. The van der Waals surface area contributed by atoms with Gasteiger partial charge in [0.1, 0.15) is 11.1 Å². The first-order valence-electron chi connectivity index (χ1n) is 15.1. The molecule has 0 spiro atoms. The standard InChI is InChI=1S/C30H40N8O3S/c1-19-17-32-30(42-19)34-29(40)20-7-11-23(12-8-20)41-24-13-14-31-27-26(24)28(36-35-27)33-21-5-3-16-38(18-21)25(39)6-4-15-37(2)22-9-10-22/h4,6,13-14,17,20-23H,3,5,7-12,15-16,18H2,1-2H3,(H,32,34,40)(H2,31,33,35,36)/t20?,21-,23?/m1/s1. The van der Waals surface area contributed by atoms with Crippen LogP contribution >= 0.6 is 11.3 Å². The maximum Gasteiger partial charge on any atom is 0.246 e. The SMILES string of the molecule is Cc1cnc(NC(=O)C2CCC(Oc3ccnc4[nH]nc(N[C@@H]5CCCN(C(=O)C=CCN(C)C6CC6)C5)c34)CC2)s1. The number of likely N-dealkylation sites (N-methyl/N-ethyl adjacent to an activating group) is 1. The number of likely N-dealkylation sites (tertiary alicyclic amines) is 1. The normalized spacial score (nSPS) is 23.0. The number of anilines is 2. The number of aromatic amines is 1. The van der Waals surface area contributed by atoms with Crippen molar-refractivity contribution in [3.8, 4) is 5.75 Å². The Labute approximate surface area is 250 Å². The predicted molar refractivity (Wildman–Crippen MR) is 164 cm³/mol. The van der Waals surface area contributed by atoms with E-state index >= 15 is 0 Å². The number of H-pyrrole nitrogens is 1. The molecule has 2 amide bonds. The maximum absolute atomic E-state index is 12.9. The Morgan fingerprint density at radius 1 is 1.19 bits per heavy atom. The van der Waals surface area contributed by atoms with Crippen molar-refractivity contribution in [2.45, 2.75) is 76.5 Å². The van der Waals surface area contributed by atoms with Crippen molar-refractivity contribution >= 4 is 45.1 Å². The van der Waals surface area contributed by atoms with E-state index in [9.17, 15) is 9.59 Å². The minimum absolute atomic E-state index is 0.0121. The number of rotatable bonds is 10. The van der Waals surface area contributed by atoms with Crippen molar-refractivity contribution in [3.63, 3.8) is 0 Å². The van der Waals surface area contributed by atoms with E-state index in [1.807, 2.05) is 24.0 Å². The van der Waals surface area contributed by atoms with Crippen molar-refractivity contribution in [2.75, 3.05) is 37.3 Å². The van der Waals surface area contributed by atoms with E-state index in [4.69, 9.17) is 4.74 Å². The average molecular weight is 593 g/mol. The van der Waals surface area contributed by atoms with Gasteiger partial charge in [-0.25, -0.2) is 9.97 Å². The molecule has 1 saturated heterocycles. The Morgan fingerprint density at radius 2 is 2.02 bits per heavy atom. The number of carbonyl (C=O) groups is 2. The number of hydrogen-bond donors (Lipinski definition) is 3. The van der Waals surface area contributed by atoms with Crippen molar-refractivity contribution < 1.29 is 14.3 Å². The molecule has 11 nitrogen and oxygen atoms in total. The number of nitrogens with one attached hydrogen (secondary N) is 3. The number of ether oxygens (including phenoxy) is 1. The Kier molecular flexibility index (Phi) is 8.71. The molecule has 224 valence electrons. The quantitative estimate of drug-likeness (QED) is 0.297. The molecule has 1 aliphatic heterocycles. The zero-order valence-electron chi connectivity index (χ0n) is 24.3. The van der Waals surface area contributed by atoms with Gasteiger partial charge in [-0.05, 0) is 71.4 Å². The molecule has 2 aliphatic carbocycles. The molecule has 6 rings (SSSR count). The summed E-state index contributed by atoms with van der Waals surface area (Å²) in [5.41, 5.74) is 0.660. The molecule has 2 saturated carbocycles. The van der Waals surface area contributed by atoms with Crippen LogP contribution in [0.15, 0.2) is 30.6 Å². The smallest absolute Gasteiger partial charge is 0.246 e. The van der Waals surface area contributed by atoms with Crippen LogP contribution in [0.3, 0.4) is 0 Å². The second-order valence-electron chi connectivity index (χ2n) is 11.8.